The molecule has 1 heterocycles. The van der Waals surface area contributed by atoms with Crippen LogP contribution in [0.15, 0.2) is 0 Å². The highest BCUT2D eigenvalue weighted by Crippen LogP contribution is 2.37. The van der Waals surface area contributed by atoms with Crippen molar-refractivity contribution in [3.63, 3.8) is 0 Å². The lowest BCUT2D eigenvalue weighted by molar-refractivity contribution is -0.173. The van der Waals surface area contributed by atoms with Gasteiger partial charge in [0.05, 0.1) is 13.2 Å². The van der Waals surface area contributed by atoms with E-state index in [0.29, 0.717) is 25.6 Å². The maximum atomic E-state index is 12.0. The average Bonchev–Trinajstić information content (AvgIpc) is 3.14. The Hall–Kier alpha value is -1.14. The molecule has 0 bridgehead atoms. The molecule has 2 aliphatic rings. The third kappa shape index (κ3) is 3.12. The van der Waals surface area contributed by atoms with E-state index in [2.05, 4.69) is 4.90 Å². The van der Waals surface area contributed by atoms with E-state index < -0.39 is 23.5 Å². The molecule has 6 heteroatoms. The summed E-state index contributed by atoms with van der Waals surface area (Å²) in [4.78, 5) is 26.2. The number of ether oxygens (including phenoxy) is 2. The highest BCUT2D eigenvalue weighted by atomic mass is 16.6. The molecule has 0 radical (unpaired) electrons. The minimum atomic E-state index is -1.37. The number of hydrogen-bond donors (Lipinski definition) is 1. The third-order valence-electron chi connectivity index (χ3n) is 3.95. The van der Waals surface area contributed by atoms with Crippen LogP contribution in [0.4, 0.5) is 0 Å². The molecular formula is C14H23NO5. The first kappa shape index (κ1) is 15.3. The van der Waals surface area contributed by atoms with Gasteiger partial charge in [-0.05, 0) is 33.1 Å². The van der Waals surface area contributed by atoms with E-state index in [-0.39, 0.29) is 13.2 Å². The van der Waals surface area contributed by atoms with Crippen molar-refractivity contribution in [2.45, 2.75) is 44.8 Å². The molecule has 0 amide bonds. The van der Waals surface area contributed by atoms with Crippen LogP contribution >= 0.6 is 0 Å². The van der Waals surface area contributed by atoms with Crippen molar-refractivity contribution in [2.24, 2.45) is 5.92 Å². The molecule has 114 valence electrons. The summed E-state index contributed by atoms with van der Waals surface area (Å²) in [5.41, 5.74) is -1.37. The van der Waals surface area contributed by atoms with Crippen molar-refractivity contribution >= 4 is 11.9 Å². The Bertz CT molecular complexity index is 364. The first-order chi connectivity index (χ1) is 9.51. The topological polar surface area (TPSA) is 76.1 Å². The van der Waals surface area contributed by atoms with Crippen molar-refractivity contribution in [3.05, 3.63) is 0 Å². The lowest BCUT2D eigenvalue weighted by atomic mass is 9.86. The van der Waals surface area contributed by atoms with Crippen LogP contribution in [0.3, 0.4) is 0 Å². The van der Waals surface area contributed by atoms with Gasteiger partial charge in [0.15, 0.2) is 5.92 Å². The molecule has 2 rings (SSSR count). The number of likely N-dealkylation sites (tertiary alicyclic amines) is 1. The van der Waals surface area contributed by atoms with Crippen LogP contribution in [-0.4, -0.2) is 59.9 Å². The molecule has 1 saturated heterocycles. The molecular weight excluding hydrogens is 262 g/mol. The monoisotopic (exact) mass is 285 g/mol. The first-order valence-corrected chi connectivity index (χ1v) is 7.31. The van der Waals surface area contributed by atoms with Crippen LogP contribution in [0.1, 0.15) is 33.1 Å². The zero-order chi connectivity index (χ0) is 14.8. The summed E-state index contributed by atoms with van der Waals surface area (Å²) in [5.74, 6) is -2.62. The summed E-state index contributed by atoms with van der Waals surface area (Å²) < 4.78 is 9.88. The number of nitrogens with zero attached hydrogens (tertiary/aromatic N) is 1. The van der Waals surface area contributed by atoms with Gasteiger partial charge in [0.2, 0.25) is 0 Å². The normalized spacial score (nSPS) is 26.8. The van der Waals surface area contributed by atoms with Gasteiger partial charge in [0.25, 0.3) is 0 Å². The molecule has 1 aliphatic carbocycles. The quantitative estimate of drug-likeness (QED) is 0.560. The Morgan fingerprint density at radius 2 is 1.80 bits per heavy atom. The second-order valence-corrected chi connectivity index (χ2v) is 5.49. The summed E-state index contributed by atoms with van der Waals surface area (Å²) in [6, 6.07) is 0.495. The summed E-state index contributed by atoms with van der Waals surface area (Å²) in [6.07, 6.45) is 2.64. The SMILES string of the molecule is CCOC(=O)C(C(=O)OCC)C1(O)CCN(C2CC2)C1. The number of rotatable bonds is 6. The molecule has 0 spiro atoms. The van der Waals surface area contributed by atoms with E-state index >= 15 is 0 Å². The number of hydrogen-bond acceptors (Lipinski definition) is 6. The maximum Gasteiger partial charge on any atom is 0.323 e. The minimum Gasteiger partial charge on any atom is -0.465 e. The Labute approximate surface area is 119 Å². The second-order valence-electron chi connectivity index (χ2n) is 5.49. The Balaban J connectivity index is 2.12. The van der Waals surface area contributed by atoms with Gasteiger partial charge in [-0.3, -0.25) is 14.5 Å². The fourth-order valence-corrected chi connectivity index (χ4v) is 2.82. The fourth-order valence-electron chi connectivity index (χ4n) is 2.82. The van der Waals surface area contributed by atoms with Crippen LogP contribution in [0.5, 0.6) is 0 Å². The summed E-state index contributed by atoms with van der Waals surface area (Å²) in [5, 5.41) is 10.7. The molecule has 6 nitrogen and oxygen atoms in total. The summed E-state index contributed by atoms with van der Waals surface area (Å²) in [7, 11) is 0. The molecule has 2 fully saturated rings. The van der Waals surface area contributed by atoms with Gasteiger partial charge in [-0.1, -0.05) is 0 Å². The first-order valence-electron chi connectivity index (χ1n) is 7.31. The number of β-amino-alcohol motifs (C(OH)–C–C–N with tert-alkyl or cyclic N) is 1. The second kappa shape index (κ2) is 6.10. The van der Waals surface area contributed by atoms with E-state index in [0.717, 1.165) is 12.8 Å². The molecule has 1 saturated carbocycles. The highest BCUT2D eigenvalue weighted by molar-refractivity contribution is 5.96. The lowest BCUT2D eigenvalue weighted by Crippen LogP contribution is -2.50. The smallest absolute Gasteiger partial charge is 0.323 e. The van der Waals surface area contributed by atoms with E-state index in [9.17, 15) is 14.7 Å². The van der Waals surface area contributed by atoms with E-state index in [1.807, 2.05) is 0 Å². The number of esters is 2. The molecule has 20 heavy (non-hydrogen) atoms. The van der Waals surface area contributed by atoms with Gasteiger partial charge >= 0.3 is 11.9 Å². The van der Waals surface area contributed by atoms with Crippen molar-refractivity contribution in [3.8, 4) is 0 Å². The largest absolute Gasteiger partial charge is 0.465 e. The van der Waals surface area contributed by atoms with Gasteiger partial charge < -0.3 is 14.6 Å². The van der Waals surface area contributed by atoms with Crippen molar-refractivity contribution < 1.29 is 24.2 Å². The predicted molar refractivity (Wildman–Crippen MR) is 70.9 cm³/mol. The zero-order valence-corrected chi connectivity index (χ0v) is 12.1. The Kier molecular flexibility index (Phi) is 4.65. The molecule has 0 aromatic carbocycles. The molecule has 1 unspecified atom stereocenters. The molecule has 1 atom stereocenters. The summed E-state index contributed by atoms with van der Waals surface area (Å²) in [6.45, 7) is 4.75. The van der Waals surface area contributed by atoms with Crippen LogP contribution in [-0.2, 0) is 19.1 Å². The Morgan fingerprint density at radius 1 is 1.25 bits per heavy atom. The van der Waals surface area contributed by atoms with Crippen molar-refractivity contribution in [1.82, 2.24) is 4.90 Å². The predicted octanol–water partition coefficient (Wildman–Crippen LogP) is 0.328. The van der Waals surface area contributed by atoms with Crippen molar-refractivity contribution in [2.75, 3.05) is 26.3 Å². The van der Waals surface area contributed by atoms with Crippen molar-refractivity contribution in [1.29, 1.82) is 0 Å². The zero-order valence-electron chi connectivity index (χ0n) is 12.1. The number of carbonyl (C=O) groups is 2. The summed E-state index contributed by atoms with van der Waals surface area (Å²) >= 11 is 0. The number of aliphatic hydroxyl groups is 1. The minimum absolute atomic E-state index is 0.178. The standard InChI is InChI=1S/C14H23NO5/c1-3-19-12(16)11(13(17)20-4-2)14(18)7-8-15(9-14)10-5-6-10/h10-11,18H,3-9H2,1-2H3. The van der Waals surface area contributed by atoms with Crippen LogP contribution in [0, 0.1) is 5.92 Å². The fraction of sp³-hybridized carbons (Fsp3) is 0.857. The van der Waals surface area contributed by atoms with Gasteiger partial charge in [0, 0.05) is 19.1 Å². The molecule has 0 aromatic heterocycles. The van der Waals surface area contributed by atoms with Gasteiger partial charge in [-0.2, -0.15) is 0 Å². The number of carbonyl (C=O) groups excluding carboxylic acids is 2. The molecule has 1 N–H and O–H groups in total. The lowest BCUT2D eigenvalue weighted by Gasteiger charge is -2.29. The maximum absolute atomic E-state index is 12.0. The van der Waals surface area contributed by atoms with Gasteiger partial charge in [0.1, 0.15) is 5.60 Å². The van der Waals surface area contributed by atoms with Gasteiger partial charge in [-0.25, -0.2) is 0 Å². The van der Waals surface area contributed by atoms with Gasteiger partial charge in [-0.15, -0.1) is 0 Å². The van der Waals surface area contributed by atoms with Crippen LogP contribution in [0.2, 0.25) is 0 Å². The molecule has 1 aliphatic heterocycles. The van der Waals surface area contributed by atoms with E-state index in [1.54, 1.807) is 13.8 Å². The Morgan fingerprint density at radius 3 is 2.25 bits per heavy atom. The van der Waals surface area contributed by atoms with Crippen LogP contribution < -0.4 is 0 Å². The molecule has 0 aromatic rings. The van der Waals surface area contributed by atoms with Crippen LogP contribution in [0.25, 0.3) is 0 Å². The third-order valence-corrected chi connectivity index (χ3v) is 3.95. The van der Waals surface area contributed by atoms with E-state index in [1.165, 1.54) is 0 Å². The highest BCUT2D eigenvalue weighted by Gasteiger charge is 2.53. The average molecular weight is 285 g/mol. The van der Waals surface area contributed by atoms with E-state index in [4.69, 9.17) is 9.47 Å².